The molecule has 3 saturated heterocycles. The zero-order valence-electron chi connectivity index (χ0n) is 33.0. The molecule has 1 aliphatic carbocycles. The van der Waals surface area contributed by atoms with Gasteiger partial charge in [0.1, 0.15) is 17.3 Å². The van der Waals surface area contributed by atoms with Crippen LogP contribution in [-0.2, 0) is 11.8 Å². The van der Waals surface area contributed by atoms with Gasteiger partial charge in [-0.2, -0.15) is 10.1 Å². The molecule has 0 bridgehead atoms. The number of aryl methyl sites for hydroxylation is 2. The Balaban J connectivity index is 0.831. The van der Waals surface area contributed by atoms with Crippen molar-refractivity contribution in [2.24, 2.45) is 7.05 Å². The third-order valence-corrected chi connectivity index (χ3v) is 12.4. The fourth-order valence-electron chi connectivity index (χ4n) is 9.45. The highest BCUT2D eigenvalue weighted by Gasteiger charge is 2.33. The number of carbonyl (C=O) groups is 3. The Labute approximate surface area is 334 Å². The van der Waals surface area contributed by atoms with Gasteiger partial charge in [0.25, 0.3) is 5.56 Å². The Morgan fingerprint density at radius 3 is 2.31 bits per heavy atom. The van der Waals surface area contributed by atoms with E-state index in [0.717, 1.165) is 70.4 Å². The number of amides is 3. The summed E-state index contributed by atoms with van der Waals surface area (Å²) < 4.78 is 18.9. The van der Waals surface area contributed by atoms with E-state index in [9.17, 15) is 19.2 Å². The molecule has 4 fully saturated rings. The van der Waals surface area contributed by atoms with E-state index in [0.29, 0.717) is 69.9 Å². The number of nitrogens with one attached hydrogen (secondary N) is 2. The van der Waals surface area contributed by atoms with Gasteiger partial charge < -0.3 is 15.1 Å². The lowest BCUT2D eigenvalue weighted by Gasteiger charge is -2.43. The van der Waals surface area contributed by atoms with Gasteiger partial charge in [0.15, 0.2) is 11.6 Å². The highest BCUT2D eigenvalue weighted by atomic mass is 19.1. The molecule has 302 valence electrons. The van der Waals surface area contributed by atoms with Crippen molar-refractivity contribution >= 4 is 68.6 Å². The molecule has 0 atom stereocenters. The average molecular weight is 791 g/mol. The van der Waals surface area contributed by atoms with Crippen LogP contribution in [0.3, 0.4) is 0 Å². The number of urea groups is 1. The van der Waals surface area contributed by atoms with Crippen molar-refractivity contribution in [3.8, 4) is 0 Å². The summed E-state index contributed by atoms with van der Waals surface area (Å²) in [5.41, 5.74) is 3.23. The maximum absolute atomic E-state index is 15.6. The number of ketones is 1. The minimum atomic E-state index is -0.519. The number of pyridine rings is 2. The van der Waals surface area contributed by atoms with E-state index in [-0.39, 0.29) is 47.6 Å². The number of rotatable bonds is 8. The van der Waals surface area contributed by atoms with Crippen LogP contribution in [0.1, 0.15) is 73.8 Å². The lowest BCUT2D eigenvalue weighted by atomic mass is 10.0. The van der Waals surface area contributed by atoms with Gasteiger partial charge >= 0.3 is 6.03 Å². The summed E-state index contributed by atoms with van der Waals surface area (Å²) in [5, 5.41) is 11.5. The van der Waals surface area contributed by atoms with Crippen LogP contribution in [0, 0.1) is 12.7 Å². The quantitative estimate of drug-likeness (QED) is 0.206. The summed E-state index contributed by atoms with van der Waals surface area (Å²) in [6.07, 6.45) is 9.54. The predicted octanol–water partition coefficient (Wildman–Crippen LogP) is 4.82. The number of imide groups is 1. The summed E-state index contributed by atoms with van der Waals surface area (Å²) >= 11 is 0. The molecule has 2 N–H and O–H groups in total. The first-order valence-corrected chi connectivity index (χ1v) is 20.2. The van der Waals surface area contributed by atoms with Gasteiger partial charge in [0, 0.05) is 88.3 Å². The molecular formula is C41H47FN12O4. The second-order valence-corrected chi connectivity index (χ2v) is 15.9. The Morgan fingerprint density at radius 1 is 0.862 bits per heavy atom. The first-order chi connectivity index (χ1) is 28.0. The van der Waals surface area contributed by atoms with E-state index in [4.69, 9.17) is 4.98 Å². The first-order valence-electron chi connectivity index (χ1n) is 20.2. The predicted molar refractivity (Wildman–Crippen MR) is 219 cm³/mol. The van der Waals surface area contributed by atoms with Crippen LogP contribution in [-0.4, -0.2) is 104 Å². The Kier molecular flexibility index (Phi) is 9.78. The van der Waals surface area contributed by atoms with Crippen molar-refractivity contribution in [3.63, 3.8) is 0 Å². The molecule has 3 aliphatic heterocycles. The number of aromatic nitrogens is 6. The van der Waals surface area contributed by atoms with Crippen molar-refractivity contribution in [1.29, 1.82) is 0 Å². The average Bonchev–Trinajstić information content (AvgIpc) is 3.86. The fourth-order valence-corrected chi connectivity index (χ4v) is 9.45. The monoisotopic (exact) mass is 790 g/mol. The normalized spacial score (nSPS) is 18.8. The third kappa shape index (κ3) is 6.69. The molecule has 4 aromatic heterocycles. The molecule has 1 aromatic carbocycles. The van der Waals surface area contributed by atoms with Gasteiger partial charge in [-0.05, 0) is 69.4 Å². The Hall–Kier alpha value is -5.97. The lowest BCUT2D eigenvalue weighted by Crippen LogP contribution is -2.53. The van der Waals surface area contributed by atoms with Crippen molar-refractivity contribution in [1.82, 2.24) is 39.5 Å². The van der Waals surface area contributed by atoms with Crippen LogP contribution >= 0.6 is 0 Å². The van der Waals surface area contributed by atoms with Crippen LogP contribution in [0.4, 0.5) is 38.1 Å². The molecule has 4 aliphatic rings. The van der Waals surface area contributed by atoms with E-state index in [1.807, 2.05) is 18.3 Å². The largest absolute Gasteiger partial charge is 0.370 e. The molecule has 17 heteroatoms. The fraction of sp³-hybridized carbons (Fsp3) is 0.463. The number of anilines is 5. The zero-order chi connectivity index (χ0) is 40.2. The molecule has 16 nitrogen and oxygen atoms in total. The molecule has 0 radical (unpaired) electrons. The molecule has 9 rings (SSSR count). The second-order valence-electron chi connectivity index (χ2n) is 15.9. The van der Waals surface area contributed by atoms with Crippen LogP contribution in [0.5, 0.6) is 0 Å². The van der Waals surface area contributed by atoms with Gasteiger partial charge in [-0.25, -0.2) is 19.2 Å². The summed E-state index contributed by atoms with van der Waals surface area (Å²) in [6, 6.07) is 6.96. The smallest absolute Gasteiger partial charge is 0.329 e. The van der Waals surface area contributed by atoms with E-state index >= 15 is 4.39 Å². The number of hydrogen-bond acceptors (Lipinski definition) is 12. The number of piperazine rings is 1. The van der Waals surface area contributed by atoms with Gasteiger partial charge in [-0.3, -0.25) is 38.7 Å². The van der Waals surface area contributed by atoms with E-state index in [1.54, 1.807) is 35.5 Å². The minimum absolute atomic E-state index is 0.00211. The van der Waals surface area contributed by atoms with Crippen molar-refractivity contribution in [3.05, 3.63) is 64.0 Å². The maximum Gasteiger partial charge on any atom is 0.329 e. The number of Topliss-reactive ketones (excluding diaryl/α,β-unsaturated/α-hetero) is 1. The van der Waals surface area contributed by atoms with Gasteiger partial charge in [0.2, 0.25) is 11.9 Å². The van der Waals surface area contributed by atoms with Gasteiger partial charge in [0.05, 0.1) is 28.7 Å². The number of nitrogens with zero attached hydrogens (tertiary/aromatic N) is 10. The Bertz CT molecular complexity index is 2500. The molecule has 58 heavy (non-hydrogen) atoms. The summed E-state index contributed by atoms with van der Waals surface area (Å²) in [7, 11) is 1.76. The number of fused-ring (bicyclic) bond motifs is 2. The standard InChI is InChI=1S/C41H47FN12O4/c1-24-30-23-44-40(47-37(30)54(27-6-4-5-7-27)39(57)34(24)25(2)55)45-32-11-8-28(22-43-32)50-15-12-26(13-16-50)51-18-20-52(21-19-51)36-31(42)10-9-29-35(36)49(3)48-38(29)53-17-14-33(56)46-41(53)58/h8-11,22-23,26-27H,4-7,12-21H2,1-3H3,(H,46,56,58)(H,43,44,45,47). The number of piperidine rings is 1. The zero-order valence-corrected chi connectivity index (χ0v) is 33.0. The van der Waals surface area contributed by atoms with Crippen LogP contribution in [0.2, 0.25) is 0 Å². The summed E-state index contributed by atoms with van der Waals surface area (Å²) in [5.74, 6) is 0.452. The number of benzene rings is 1. The number of hydrogen-bond donors (Lipinski definition) is 2. The minimum Gasteiger partial charge on any atom is -0.370 e. The highest BCUT2D eigenvalue weighted by molar-refractivity contribution is 6.10. The highest BCUT2D eigenvalue weighted by Crippen LogP contribution is 2.37. The van der Waals surface area contributed by atoms with Crippen LogP contribution < -0.4 is 30.9 Å². The molecule has 5 aromatic rings. The maximum atomic E-state index is 15.6. The second kappa shape index (κ2) is 15.1. The van der Waals surface area contributed by atoms with Gasteiger partial charge in [-0.15, -0.1) is 0 Å². The topological polar surface area (TPSA) is 167 Å². The molecular weight excluding hydrogens is 744 g/mol. The van der Waals surface area contributed by atoms with Crippen molar-refractivity contribution in [2.75, 3.05) is 65.8 Å². The van der Waals surface area contributed by atoms with Crippen LogP contribution in [0.15, 0.2) is 41.5 Å². The van der Waals surface area contributed by atoms with Crippen molar-refractivity contribution < 1.29 is 18.8 Å². The summed E-state index contributed by atoms with van der Waals surface area (Å²) in [4.78, 5) is 72.8. The van der Waals surface area contributed by atoms with E-state index in [1.165, 1.54) is 17.9 Å². The van der Waals surface area contributed by atoms with Crippen molar-refractivity contribution in [2.45, 2.75) is 70.9 Å². The molecule has 7 heterocycles. The number of carbonyl (C=O) groups excluding carboxylic acids is 3. The lowest BCUT2D eigenvalue weighted by molar-refractivity contribution is -0.120. The first kappa shape index (κ1) is 37.6. The molecule has 0 spiro atoms. The SMILES string of the molecule is CC(=O)c1c(C)c2cnc(Nc3ccc(N4CCC(N5CCN(c6c(F)ccc7c(N8CCC(=O)NC8=O)nn(C)c67)CC5)CC4)cn3)nc2n(C2CCCC2)c1=O. The van der Waals surface area contributed by atoms with E-state index < -0.39 is 6.03 Å². The number of halogens is 1. The Morgan fingerprint density at radius 2 is 1.62 bits per heavy atom. The molecule has 3 amide bonds. The summed E-state index contributed by atoms with van der Waals surface area (Å²) in [6.45, 7) is 8.13. The molecule has 1 saturated carbocycles. The molecule has 0 unspecified atom stereocenters. The van der Waals surface area contributed by atoms with Gasteiger partial charge in [-0.1, -0.05) is 12.8 Å². The third-order valence-electron chi connectivity index (χ3n) is 12.4. The van der Waals surface area contributed by atoms with E-state index in [2.05, 4.69) is 40.4 Å². The van der Waals surface area contributed by atoms with Crippen LogP contribution in [0.25, 0.3) is 21.9 Å².